The number of hydrogen-bond acceptors (Lipinski definition) is 0. The van der Waals surface area contributed by atoms with Crippen LogP contribution in [0, 0.1) is 27.7 Å². The molecule has 0 heteroatoms. The Kier molecular flexibility index (Phi) is 22.6. The quantitative estimate of drug-likeness (QED) is 0.284. The minimum Gasteiger partial charge on any atom is -0.100 e. The largest absolute Gasteiger partial charge is 0.100 e. The second-order valence-corrected chi connectivity index (χ2v) is 8.92. The average Bonchev–Trinajstić information content (AvgIpc) is 2.78. The maximum absolute atomic E-state index is 3.67. The number of allylic oxidation sites excluding steroid dienone is 1. The molecule has 0 heterocycles. The molecular weight excluding hydrogens is 384 g/mol. The monoisotopic (exact) mass is 438 g/mol. The predicted octanol–water partition coefficient (Wildman–Crippen LogP) is 10.9. The molecule has 0 spiro atoms. The van der Waals surface area contributed by atoms with E-state index in [1.165, 1.54) is 84.8 Å². The highest BCUT2D eigenvalue weighted by Crippen LogP contribution is 2.12. The summed E-state index contributed by atoms with van der Waals surface area (Å²) in [6.07, 6.45) is 11.9. The molecule has 0 nitrogen and oxygen atoms in total. The van der Waals surface area contributed by atoms with Gasteiger partial charge in [0, 0.05) is 0 Å². The van der Waals surface area contributed by atoms with Crippen molar-refractivity contribution in [1.29, 1.82) is 0 Å². The molecule has 2 rings (SSSR count). The molecule has 0 aromatic heterocycles. The fraction of sp³-hybridized carbons (Fsp3) is 0.562. The zero-order valence-corrected chi connectivity index (χ0v) is 23.1. The highest BCUT2D eigenvalue weighted by molar-refractivity contribution is 5.31. The molecule has 0 aliphatic carbocycles. The smallest absolute Gasteiger partial charge is 0.0276 e. The third kappa shape index (κ3) is 18.9. The summed E-state index contributed by atoms with van der Waals surface area (Å²) in [6.45, 7) is 23.1. The van der Waals surface area contributed by atoms with E-state index in [2.05, 4.69) is 104 Å². The van der Waals surface area contributed by atoms with E-state index in [4.69, 9.17) is 0 Å². The van der Waals surface area contributed by atoms with Gasteiger partial charge in [0.15, 0.2) is 0 Å². The van der Waals surface area contributed by atoms with Gasteiger partial charge in [-0.1, -0.05) is 114 Å². The fourth-order valence-electron chi connectivity index (χ4n) is 2.88. The number of unbranched alkanes of at least 4 members (excludes halogenated alkanes) is 5. The fourth-order valence-corrected chi connectivity index (χ4v) is 2.88. The molecule has 0 atom stereocenters. The molecule has 2 aromatic carbocycles. The van der Waals surface area contributed by atoms with Crippen molar-refractivity contribution < 1.29 is 0 Å². The molecule has 32 heavy (non-hydrogen) atoms. The Morgan fingerprint density at radius 3 is 1.47 bits per heavy atom. The lowest BCUT2D eigenvalue weighted by Gasteiger charge is -2.04. The standard InChI is InChI=1S/C13H20.C9H12.C5H10.C5H12/c1-3-4-5-6-10-13-11-8-7-9-12(13)2;1-7-5-4-6-8(2)9(7)3;1-4-5(2)3;1-3-5-4-2/h7-9,11H,3-6,10H2,1-2H3;4-6H,1-3H3;2,4H2,1,3H3;3-5H2,1-2H3. The Balaban J connectivity index is 0. The van der Waals surface area contributed by atoms with Gasteiger partial charge in [0.25, 0.3) is 0 Å². The van der Waals surface area contributed by atoms with Crippen molar-refractivity contribution in [3.8, 4) is 0 Å². The lowest BCUT2D eigenvalue weighted by molar-refractivity contribution is 0.665. The van der Waals surface area contributed by atoms with Crippen LogP contribution < -0.4 is 0 Å². The van der Waals surface area contributed by atoms with Gasteiger partial charge >= 0.3 is 0 Å². The zero-order chi connectivity index (χ0) is 24.8. The Bertz CT molecular complexity index is 671. The average molecular weight is 439 g/mol. The summed E-state index contributed by atoms with van der Waals surface area (Å²) in [5, 5.41) is 0. The molecule has 0 amide bonds. The van der Waals surface area contributed by atoms with Crippen LogP contribution in [0.1, 0.15) is 114 Å². The Labute approximate surface area is 202 Å². The molecule has 0 aliphatic rings. The summed E-state index contributed by atoms with van der Waals surface area (Å²) in [5.41, 5.74) is 8.41. The van der Waals surface area contributed by atoms with Gasteiger partial charge < -0.3 is 0 Å². The second kappa shape index (κ2) is 22.4. The first-order valence-corrected chi connectivity index (χ1v) is 13.0. The van der Waals surface area contributed by atoms with Gasteiger partial charge in [-0.3, -0.25) is 0 Å². The van der Waals surface area contributed by atoms with Crippen LogP contribution in [0.5, 0.6) is 0 Å². The SMILES string of the molecule is C=C(C)CC.CCCCC.CCCCCCc1ccccc1C.Cc1cccc(C)c1C. The van der Waals surface area contributed by atoms with E-state index in [1.807, 2.05) is 6.92 Å². The minimum atomic E-state index is 1.11. The van der Waals surface area contributed by atoms with Crippen LogP contribution in [0.3, 0.4) is 0 Å². The van der Waals surface area contributed by atoms with Gasteiger partial charge in [0.05, 0.1) is 0 Å². The van der Waals surface area contributed by atoms with E-state index in [9.17, 15) is 0 Å². The number of hydrogen-bond donors (Lipinski definition) is 0. The van der Waals surface area contributed by atoms with Crippen LogP contribution in [0.2, 0.25) is 0 Å². The third-order valence-corrected chi connectivity index (χ3v) is 5.75. The number of rotatable bonds is 8. The van der Waals surface area contributed by atoms with Gasteiger partial charge in [0.1, 0.15) is 0 Å². The lowest BCUT2D eigenvalue weighted by atomic mass is 10.0. The topological polar surface area (TPSA) is 0 Å². The van der Waals surface area contributed by atoms with Crippen molar-refractivity contribution in [2.24, 2.45) is 0 Å². The van der Waals surface area contributed by atoms with Crippen molar-refractivity contribution in [3.05, 3.63) is 82.4 Å². The maximum atomic E-state index is 3.67. The zero-order valence-electron chi connectivity index (χ0n) is 23.1. The van der Waals surface area contributed by atoms with Crippen LogP contribution in [0.4, 0.5) is 0 Å². The Morgan fingerprint density at radius 2 is 1.09 bits per heavy atom. The van der Waals surface area contributed by atoms with Crippen molar-refractivity contribution >= 4 is 0 Å². The van der Waals surface area contributed by atoms with Crippen LogP contribution in [0.15, 0.2) is 54.6 Å². The van der Waals surface area contributed by atoms with E-state index < -0.39 is 0 Å². The first kappa shape index (κ1) is 32.4. The van der Waals surface area contributed by atoms with Gasteiger partial charge in [-0.2, -0.15) is 0 Å². The van der Waals surface area contributed by atoms with E-state index in [0.717, 1.165) is 6.42 Å². The first-order chi connectivity index (χ1) is 15.2. The lowest BCUT2D eigenvalue weighted by Crippen LogP contribution is -1.89. The van der Waals surface area contributed by atoms with Crippen LogP contribution in [-0.2, 0) is 6.42 Å². The summed E-state index contributed by atoms with van der Waals surface area (Å²) in [6, 6.07) is 15.1. The van der Waals surface area contributed by atoms with Gasteiger partial charge in [0.2, 0.25) is 0 Å². The van der Waals surface area contributed by atoms with E-state index in [1.54, 1.807) is 0 Å². The normalized spacial score (nSPS) is 9.41. The van der Waals surface area contributed by atoms with Crippen LogP contribution >= 0.6 is 0 Å². The summed E-state index contributed by atoms with van der Waals surface area (Å²) in [5.74, 6) is 0. The van der Waals surface area contributed by atoms with E-state index in [-0.39, 0.29) is 0 Å². The van der Waals surface area contributed by atoms with Crippen molar-refractivity contribution in [3.63, 3.8) is 0 Å². The molecule has 2 aromatic rings. The summed E-state index contributed by atoms with van der Waals surface area (Å²) in [7, 11) is 0. The van der Waals surface area contributed by atoms with Crippen LogP contribution in [-0.4, -0.2) is 0 Å². The van der Waals surface area contributed by atoms with Crippen molar-refractivity contribution in [1.82, 2.24) is 0 Å². The first-order valence-electron chi connectivity index (χ1n) is 13.0. The molecule has 0 saturated heterocycles. The molecule has 0 N–H and O–H groups in total. The van der Waals surface area contributed by atoms with Gasteiger partial charge in [-0.25, -0.2) is 0 Å². The minimum absolute atomic E-state index is 1.11. The van der Waals surface area contributed by atoms with Gasteiger partial charge in [-0.05, 0) is 81.7 Å². The molecule has 0 unspecified atom stereocenters. The van der Waals surface area contributed by atoms with Gasteiger partial charge in [-0.15, -0.1) is 6.58 Å². The van der Waals surface area contributed by atoms with E-state index in [0.29, 0.717) is 0 Å². The Hall–Kier alpha value is -1.82. The predicted molar refractivity (Wildman–Crippen MR) is 150 cm³/mol. The molecular formula is C32H54. The van der Waals surface area contributed by atoms with E-state index >= 15 is 0 Å². The number of aryl methyl sites for hydroxylation is 4. The Morgan fingerprint density at radius 1 is 0.625 bits per heavy atom. The highest BCUT2D eigenvalue weighted by Gasteiger charge is 1.96. The molecule has 0 saturated carbocycles. The van der Waals surface area contributed by atoms with Crippen molar-refractivity contribution in [2.45, 2.75) is 120 Å². The summed E-state index contributed by atoms with van der Waals surface area (Å²) in [4.78, 5) is 0. The summed E-state index contributed by atoms with van der Waals surface area (Å²) >= 11 is 0. The maximum Gasteiger partial charge on any atom is -0.0276 e. The molecule has 0 bridgehead atoms. The summed E-state index contributed by atoms with van der Waals surface area (Å²) < 4.78 is 0. The number of benzene rings is 2. The van der Waals surface area contributed by atoms with Crippen molar-refractivity contribution in [2.75, 3.05) is 0 Å². The highest BCUT2D eigenvalue weighted by atomic mass is 14.0. The van der Waals surface area contributed by atoms with Crippen LogP contribution in [0.25, 0.3) is 0 Å². The molecule has 0 aliphatic heterocycles. The molecule has 182 valence electrons. The second-order valence-electron chi connectivity index (χ2n) is 8.92. The molecule has 0 fully saturated rings. The molecule has 0 radical (unpaired) electrons. The third-order valence-electron chi connectivity index (χ3n) is 5.75.